The largest absolute Gasteiger partial charge is 0.474 e. The first kappa shape index (κ1) is 22.4. The van der Waals surface area contributed by atoms with E-state index in [1.165, 1.54) is 12.5 Å². The molecule has 0 saturated carbocycles. The van der Waals surface area contributed by atoms with Crippen LogP contribution in [0.25, 0.3) is 0 Å². The molecule has 0 heterocycles. The Morgan fingerprint density at radius 2 is 1.25 bits per heavy atom. The van der Waals surface area contributed by atoms with E-state index in [0.717, 1.165) is 0 Å². The lowest BCUT2D eigenvalue weighted by Gasteiger charge is -1.76. The highest BCUT2D eigenvalue weighted by Crippen LogP contribution is 1.65. The average Bonchev–Trinajstić information content (AvgIpc) is 2.14. The molecule has 0 rings (SSSR count). The second-order valence-electron chi connectivity index (χ2n) is 0.652. The zero-order valence-electron chi connectivity index (χ0n) is 8.71. The lowest BCUT2D eigenvalue weighted by atomic mass is 11.0. The van der Waals surface area contributed by atoms with Gasteiger partial charge in [0.1, 0.15) is 0 Å². The Kier molecular flexibility index (Phi) is 184. The molecule has 0 aliphatic heterocycles. The molecule has 0 aliphatic rings. The van der Waals surface area contributed by atoms with Gasteiger partial charge in [0.15, 0.2) is 0 Å². The number of ether oxygens (including phenoxy) is 1. The summed E-state index contributed by atoms with van der Waals surface area (Å²) in [5.74, 6) is 4.36. The SMILES string of the molecule is C=COC=C.C=NN.CC.CC. The van der Waals surface area contributed by atoms with E-state index >= 15 is 0 Å². The van der Waals surface area contributed by atoms with Gasteiger partial charge in [-0.25, -0.2) is 0 Å². The third-order valence-corrected chi connectivity index (χ3v) is 0.192. The molecule has 0 aliphatic carbocycles. The Morgan fingerprint density at radius 1 is 1.08 bits per heavy atom. The minimum absolute atomic E-state index is 1.31. The molecule has 0 saturated heterocycles. The van der Waals surface area contributed by atoms with Crippen LogP contribution in [-0.2, 0) is 4.74 Å². The zero-order chi connectivity index (χ0) is 10.8. The van der Waals surface area contributed by atoms with Crippen LogP contribution in [0.2, 0.25) is 0 Å². The predicted molar refractivity (Wildman–Crippen MR) is 57.9 cm³/mol. The van der Waals surface area contributed by atoms with Crippen molar-refractivity contribution in [3.63, 3.8) is 0 Å². The second-order valence-corrected chi connectivity index (χ2v) is 0.652. The van der Waals surface area contributed by atoms with Gasteiger partial charge >= 0.3 is 0 Å². The van der Waals surface area contributed by atoms with Crippen LogP contribution in [0.1, 0.15) is 27.7 Å². The van der Waals surface area contributed by atoms with Crippen molar-refractivity contribution < 1.29 is 4.74 Å². The maximum Gasteiger partial charge on any atom is 0.0829 e. The topological polar surface area (TPSA) is 47.6 Å². The van der Waals surface area contributed by atoms with Crippen LogP contribution in [0, 0.1) is 0 Å². The van der Waals surface area contributed by atoms with E-state index in [4.69, 9.17) is 0 Å². The molecule has 0 aromatic rings. The lowest BCUT2D eigenvalue weighted by molar-refractivity contribution is 0.406. The summed E-state index contributed by atoms with van der Waals surface area (Å²) >= 11 is 0. The van der Waals surface area contributed by atoms with Crippen LogP contribution in [0.4, 0.5) is 0 Å². The highest BCUT2D eigenvalue weighted by atomic mass is 16.5. The third kappa shape index (κ3) is 934. The average molecular weight is 174 g/mol. The van der Waals surface area contributed by atoms with Gasteiger partial charge in [0, 0.05) is 6.72 Å². The van der Waals surface area contributed by atoms with Crippen LogP contribution in [-0.4, -0.2) is 6.72 Å². The van der Waals surface area contributed by atoms with Gasteiger partial charge in [-0.1, -0.05) is 40.9 Å². The van der Waals surface area contributed by atoms with Gasteiger partial charge in [0.25, 0.3) is 0 Å². The number of hydrogen-bond acceptors (Lipinski definition) is 3. The molecule has 0 radical (unpaired) electrons. The number of nitrogens with two attached hydrogens (primary N) is 1. The van der Waals surface area contributed by atoms with Gasteiger partial charge in [0.2, 0.25) is 0 Å². The molecule has 0 unspecified atom stereocenters. The summed E-state index contributed by atoms with van der Waals surface area (Å²) in [4.78, 5) is 0. The number of hydrogen-bond donors (Lipinski definition) is 1. The highest BCUT2D eigenvalue weighted by Gasteiger charge is 1.45. The van der Waals surface area contributed by atoms with E-state index in [0.29, 0.717) is 0 Å². The minimum atomic E-state index is 1.31. The number of hydrazone groups is 1. The molecule has 0 aromatic heterocycles. The van der Waals surface area contributed by atoms with Crippen LogP contribution < -0.4 is 5.84 Å². The first-order valence-corrected chi connectivity index (χ1v) is 3.86. The smallest absolute Gasteiger partial charge is 0.0829 e. The van der Waals surface area contributed by atoms with Crippen molar-refractivity contribution in [2.45, 2.75) is 27.7 Å². The van der Waals surface area contributed by atoms with E-state index in [1.807, 2.05) is 27.7 Å². The molecule has 0 bridgehead atoms. The van der Waals surface area contributed by atoms with Crippen molar-refractivity contribution in [3.05, 3.63) is 25.7 Å². The summed E-state index contributed by atoms with van der Waals surface area (Å²) in [6.07, 6.45) is 2.62. The Morgan fingerprint density at radius 3 is 1.25 bits per heavy atom. The quantitative estimate of drug-likeness (QED) is 0.303. The lowest BCUT2D eigenvalue weighted by Crippen LogP contribution is -1.68. The molecule has 0 amide bonds. The minimum Gasteiger partial charge on any atom is -0.474 e. The molecule has 74 valence electrons. The van der Waals surface area contributed by atoms with E-state index in [9.17, 15) is 0 Å². The van der Waals surface area contributed by atoms with Gasteiger partial charge in [-0.15, -0.1) is 0 Å². The van der Waals surface area contributed by atoms with Crippen molar-refractivity contribution in [2.75, 3.05) is 0 Å². The summed E-state index contributed by atoms with van der Waals surface area (Å²) in [7, 11) is 0. The van der Waals surface area contributed by atoms with Gasteiger partial charge in [-0.2, -0.15) is 5.10 Å². The number of nitrogens with zero attached hydrogens (tertiary/aromatic N) is 1. The monoisotopic (exact) mass is 174 g/mol. The standard InChI is InChI=1S/C4H6O.2C2H6.CH4N2/c1-3-5-4-2;2*1-2;1-3-2/h3-4H,1-2H2;2*1-2H3;1-2H2. The van der Waals surface area contributed by atoms with E-state index in [-0.39, 0.29) is 0 Å². The van der Waals surface area contributed by atoms with Gasteiger partial charge < -0.3 is 10.6 Å². The summed E-state index contributed by atoms with van der Waals surface area (Å²) < 4.78 is 4.36. The normalized spacial score (nSPS) is 4.33. The molecular weight excluding hydrogens is 152 g/mol. The Bertz CT molecular complexity index is 66.9. The Labute approximate surface area is 76.6 Å². The van der Waals surface area contributed by atoms with Gasteiger partial charge in [0.05, 0.1) is 12.5 Å². The van der Waals surface area contributed by atoms with Crippen molar-refractivity contribution >= 4 is 6.72 Å². The van der Waals surface area contributed by atoms with Crippen LogP contribution >= 0.6 is 0 Å². The van der Waals surface area contributed by atoms with Gasteiger partial charge in [-0.05, 0) is 0 Å². The zero-order valence-corrected chi connectivity index (χ0v) is 8.71. The molecule has 0 atom stereocenters. The fraction of sp³-hybridized carbons (Fsp3) is 0.444. The van der Waals surface area contributed by atoms with Crippen LogP contribution in [0.5, 0.6) is 0 Å². The molecule has 12 heavy (non-hydrogen) atoms. The fourth-order valence-corrected chi connectivity index (χ4v) is 0.0680. The number of rotatable bonds is 2. The summed E-state index contributed by atoms with van der Waals surface area (Å²) in [5.41, 5.74) is 0. The molecule has 0 fully saturated rings. The Hall–Kier alpha value is -1.25. The maximum atomic E-state index is 4.36. The molecule has 3 heteroatoms. The maximum absolute atomic E-state index is 4.36. The molecule has 0 aromatic carbocycles. The third-order valence-electron chi connectivity index (χ3n) is 0.192. The van der Waals surface area contributed by atoms with Crippen molar-refractivity contribution in [1.82, 2.24) is 0 Å². The summed E-state index contributed by atoms with van der Waals surface area (Å²) in [6.45, 7) is 17.4. The van der Waals surface area contributed by atoms with Crippen LogP contribution in [0.15, 0.2) is 30.8 Å². The van der Waals surface area contributed by atoms with Crippen molar-refractivity contribution in [1.29, 1.82) is 0 Å². The molecule has 2 N–H and O–H groups in total. The van der Waals surface area contributed by atoms with Crippen molar-refractivity contribution in [3.8, 4) is 0 Å². The van der Waals surface area contributed by atoms with Crippen molar-refractivity contribution in [2.24, 2.45) is 10.9 Å². The highest BCUT2D eigenvalue weighted by molar-refractivity contribution is 5.21. The van der Waals surface area contributed by atoms with Gasteiger partial charge in [-0.3, -0.25) is 0 Å². The van der Waals surface area contributed by atoms with E-state index in [1.54, 1.807) is 0 Å². The summed E-state index contributed by atoms with van der Waals surface area (Å²) in [5, 5.41) is 2.75. The first-order valence-electron chi connectivity index (χ1n) is 3.86. The second kappa shape index (κ2) is 98.7. The molecular formula is C9H22N2O. The first-order chi connectivity index (χ1) is 5.83. The fourth-order valence-electron chi connectivity index (χ4n) is 0.0680. The Balaban J connectivity index is -0.0000000397. The van der Waals surface area contributed by atoms with E-state index in [2.05, 4.69) is 35.6 Å². The molecule has 0 spiro atoms. The van der Waals surface area contributed by atoms with E-state index < -0.39 is 0 Å². The summed E-state index contributed by atoms with van der Waals surface area (Å²) in [6, 6.07) is 0. The van der Waals surface area contributed by atoms with Crippen LogP contribution in [0.3, 0.4) is 0 Å². The molecule has 3 nitrogen and oxygen atoms in total. The predicted octanol–water partition coefficient (Wildman–Crippen LogP) is 2.90.